The van der Waals surface area contributed by atoms with Crippen molar-refractivity contribution in [3.63, 3.8) is 0 Å². The predicted octanol–water partition coefficient (Wildman–Crippen LogP) is 3.13. The van der Waals surface area contributed by atoms with Gasteiger partial charge in [0.1, 0.15) is 11.5 Å². The van der Waals surface area contributed by atoms with Gasteiger partial charge in [-0.1, -0.05) is 24.6 Å². The first-order valence-corrected chi connectivity index (χ1v) is 12.0. The molecule has 0 aliphatic carbocycles. The molecule has 31 heavy (non-hydrogen) atoms. The number of hydrogen-bond donors (Lipinski definition) is 1. The second kappa shape index (κ2) is 10.6. The minimum atomic E-state index is -3.43. The minimum absolute atomic E-state index is 0.0991. The zero-order chi connectivity index (χ0) is 22.3. The van der Waals surface area contributed by atoms with Gasteiger partial charge in [0.15, 0.2) is 0 Å². The normalized spacial score (nSPS) is 14.8. The van der Waals surface area contributed by atoms with Gasteiger partial charge in [0.05, 0.1) is 31.2 Å². The number of sulfonamides is 1. The van der Waals surface area contributed by atoms with E-state index in [1.54, 1.807) is 42.8 Å². The lowest BCUT2D eigenvalue weighted by molar-refractivity contribution is -0.121. The molecular formula is C23H30N2O5S. The first-order valence-electron chi connectivity index (χ1n) is 10.5. The van der Waals surface area contributed by atoms with E-state index in [9.17, 15) is 13.2 Å². The molecule has 8 heteroatoms. The molecule has 7 nitrogen and oxygen atoms in total. The van der Waals surface area contributed by atoms with Crippen molar-refractivity contribution in [1.82, 2.24) is 9.62 Å². The molecule has 1 N–H and O–H groups in total. The van der Waals surface area contributed by atoms with E-state index in [0.717, 1.165) is 30.4 Å². The Bertz CT molecular complexity index is 961. The van der Waals surface area contributed by atoms with Crippen LogP contribution in [0.5, 0.6) is 11.5 Å². The standard InChI is InChI=1S/C23H30N2O5S/c1-29-21-7-6-8-22(30-2)20(21)17-24-23(26)14-11-18-9-12-19(13-10-18)31(27,28)25-15-4-3-5-16-25/h6-10,12-13H,3-5,11,14-17H2,1-2H3,(H,24,26). The Morgan fingerprint density at radius 3 is 2.16 bits per heavy atom. The van der Waals surface area contributed by atoms with Crippen molar-refractivity contribution in [2.24, 2.45) is 0 Å². The third-order valence-corrected chi connectivity index (χ3v) is 7.42. The lowest BCUT2D eigenvalue weighted by Crippen LogP contribution is -2.35. The van der Waals surface area contributed by atoms with Crippen LogP contribution in [-0.2, 0) is 27.8 Å². The van der Waals surface area contributed by atoms with Gasteiger partial charge < -0.3 is 14.8 Å². The number of ether oxygens (including phenoxy) is 2. The van der Waals surface area contributed by atoms with Crippen LogP contribution in [0.1, 0.15) is 36.8 Å². The van der Waals surface area contributed by atoms with Gasteiger partial charge in [-0.3, -0.25) is 4.79 Å². The summed E-state index contributed by atoms with van der Waals surface area (Å²) in [7, 11) is -0.275. The van der Waals surface area contributed by atoms with Gasteiger partial charge in [0, 0.05) is 19.5 Å². The summed E-state index contributed by atoms with van der Waals surface area (Å²) in [6.45, 7) is 1.47. The Labute approximate surface area is 184 Å². The molecule has 1 amide bonds. The number of amides is 1. The number of hydrogen-bond acceptors (Lipinski definition) is 5. The molecule has 0 bridgehead atoms. The molecule has 1 saturated heterocycles. The summed E-state index contributed by atoms with van der Waals surface area (Å²) in [6.07, 6.45) is 3.73. The third-order valence-electron chi connectivity index (χ3n) is 5.51. The first kappa shape index (κ1) is 23.1. The molecule has 2 aromatic carbocycles. The van der Waals surface area contributed by atoms with Crippen LogP contribution in [0.3, 0.4) is 0 Å². The van der Waals surface area contributed by atoms with Crippen molar-refractivity contribution in [2.75, 3.05) is 27.3 Å². The topological polar surface area (TPSA) is 84.9 Å². The third kappa shape index (κ3) is 5.77. The number of nitrogens with zero attached hydrogens (tertiary/aromatic N) is 1. The molecule has 168 valence electrons. The van der Waals surface area contributed by atoms with Crippen molar-refractivity contribution < 1.29 is 22.7 Å². The van der Waals surface area contributed by atoms with Crippen LogP contribution >= 0.6 is 0 Å². The smallest absolute Gasteiger partial charge is 0.243 e. The average Bonchev–Trinajstić information content (AvgIpc) is 2.81. The van der Waals surface area contributed by atoms with E-state index in [4.69, 9.17) is 9.47 Å². The minimum Gasteiger partial charge on any atom is -0.496 e. The molecule has 0 aromatic heterocycles. The van der Waals surface area contributed by atoms with Crippen LogP contribution in [0, 0.1) is 0 Å². The molecule has 0 unspecified atom stereocenters. The molecule has 1 fully saturated rings. The molecule has 0 spiro atoms. The Hall–Kier alpha value is -2.58. The van der Waals surface area contributed by atoms with Crippen LogP contribution in [0.4, 0.5) is 0 Å². The molecule has 3 rings (SSSR count). The van der Waals surface area contributed by atoms with Gasteiger partial charge in [0.2, 0.25) is 15.9 Å². The van der Waals surface area contributed by atoms with Crippen molar-refractivity contribution in [3.05, 3.63) is 53.6 Å². The number of carbonyl (C=O) groups excluding carboxylic acids is 1. The number of methoxy groups -OCH3 is 2. The van der Waals surface area contributed by atoms with Crippen LogP contribution in [0.2, 0.25) is 0 Å². The van der Waals surface area contributed by atoms with Crippen molar-refractivity contribution in [3.8, 4) is 11.5 Å². The van der Waals surface area contributed by atoms with Gasteiger partial charge in [-0.05, 0) is 49.1 Å². The van der Waals surface area contributed by atoms with E-state index < -0.39 is 10.0 Å². The molecule has 1 heterocycles. The Balaban J connectivity index is 1.54. The number of piperidine rings is 1. The maximum atomic E-state index is 12.7. The predicted molar refractivity (Wildman–Crippen MR) is 119 cm³/mol. The SMILES string of the molecule is COc1cccc(OC)c1CNC(=O)CCc1ccc(S(=O)(=O)N2CCCCC2)cc1. The lowest BCUT2D eigenvalue weighted by Gasteiger charge is -2.25. The molecule has 0 saturated carbocycles. The second-order valence-electron chi connectivity index (χ2n) is 7.53. The number of benzene rings is 2. The maximum absolute atomic E-state index is 12.7. The number of aryl methyl sites for hydroxylation is 1. The van der Waals surface area contributed by atoms with E-state index in [1.165, 1.54) is 0 Å². The fourth-order valence-electron chi connectivity index (χ4n) is 3.72. The largest absolute Gasteiger partial charge is 0.496 e. The van der Waals surface area contributed by atoms with Crippen LogP contribution < -0.4 is 14.8 Å². The summed E-state index contributed by atoms with van der Waals surface area (Å²) in [5, 5.41) is 2.90. The number of nitrogens with one attached hydrogen (secondary N) is 1. The Kier molecular flexibility index (Phi) is 7.92. The quantitative estimate of drug-likeness (QED) is 0.640. The van der Waals surface area contributed by atoms with Crippen LogP contribution in [0.25, 0.3) is 0 Å². The van der Waals surface area contributed by atoms with Crippen LogP contribution in [0.15, 0.2) is 47.4 Å². The van der Waals surface area contributed by atoms with Gasteiger partial charge >= 0.3 is 0 Å². The Morgan fingerprint density at radius 1 is 0.968 bits per heavy atom. The van der Waals surface area contributed by atoms with Crippen LogP contribution in [-0.4, -0.2) is 45.9 Å². The van der Waals surface area contributed by atoms with E-state index in [-0.39, 0.29) is 5.91 Å². The van der Waals surface area contributed by atoms with Crippen molar-refractivity contribution in [1.29, 1.82) is 0 Å². The molecule has 0 atom stereocenters. The lowest BCUT2D eigenvalue weighted by atomic mass is 10.1. The molecule has 1 aliphatic rings. The number of rotatable bonds is 9. The highest BCUT2D eigenvalue weighted by molar-refractivity contribution is 7.89. The summed E-state index contributed by atoms with van der Waals surface area (Å²) in [6, 6.07) is 12.3. The number of carbonyl (C=O) groups is 1. The van der Waals surface area contributed by atoms with E-state index in [1.807, 2.05) is 18.2 Å². The fourth-order valence-corrected chi connectivity index (χ4v) is 5.23. The van der Waals surface area contributed by atoms with Gasteiger partial charge in [-0.2, -0.15) is 4.31 Å². The van der Waals surface area contributed by atoms with E-state index in [0.29, 0.717) is 48.9 Å². The first-order chi connectivity index (χ1) is 15.0. The Morgan fingerprint density at radius 2 is 1.58 bits per heavy atom. The molecule has 0 radical (unpaired) electrons. The maximum Gasteiger partial charge on any atom is 0.243 e. The van der Waals surface area contributed by atoms with Gasteiger partial charge in [-0.25, -0.2) is 8.42 Å². The van der Waals surface area contributed by atoms with Gasteiger partial charge in [-0.15, -0.1) is 0 Å². The molecular weight excluding hydrogens is 416 g/mol. The highest BCUT2D eigenvalue weighted by atomic mass is 32.2. The van der Waals surface area contributed by atoms with Gasteiger partial charge in [0.25, 0.3) is 0 Å². The second-order valence-corrected chi connectivity index (χ2v) is 9.46. The van der Waals surface area contributed by atoms with Crippen molar-refractivity contribution >= 4 is 15.9 Å². The fraction of sp³-hybridized carbons (Fsp3) is 0.435. The summed E-state index contributed by atoms with van der Waals surface area (Å²) in [5.41, 5.74) is 1.70. The zero-order valence-electron chi connectivity index (χ0n) is 18.1. The highest BCUT2D eigenvalue weighted by Gasteiger charge is 2.25. The summed E-state index contributed by atoms with van der Waals surface area (Å²) >= 11 is 0. The van der Waals surface area contributed by atoms with Crippen molar-refractivity contribution in [2.45, 2.75) is 43.5 Å². The van der Waals surface area contributed by atoms with E-state index >= 15 is 0 Å². The molecule has 2 aromatic rings. The highest BCUT2D eigenvalue weighted by Crippen LogP contribution is 2.28. The summed E-state index contributed by atoms with van der Waals surface area (Å²) in [4.78, 5) is 12.6. The summed E-state index contributed by atoms with van der Waals surface area (Å²) in [5.74, 6) is 1.22. The monoisotopic (exact) mass is 446 g/mol. The van der Waals surface area contributed by atoms with E-state index in [2.05, 4.69) is 5.32 Å². The zero-order valence-corrected chi connectivity index (χ0v) is 18.9. The average molecular weight is 447 g/mol. The molecule has 1 aliphatic heterocycles. The summed E-state index contributed by atoms with van der Waals surface area (Å²) < 4.78 is 37.7.